The highest BCUT2D eigenvalue weighted by molar-refractivity contribution is 5.98. The number of carbonyl (C=O) groups excluding carboxylic acids is 2. The largest absolute Gasteiger partial charge is 0.459 e. The average Bonchev–Trinajstić information content (AvgIpc) is 2.70. The summed E-state index contributed by atoms with van der Waals surface area (Å²) in [6, 6.07) is 17.1. The van der Waals surface area contributed by atoms with Crippen LogP contribution in [0.5, 0.6) is 0 Å². The van der Waals surface area contributed by atoms with Crippen LogP contribution in [-0.2, 0) is 16.1 Å². The van der Waals surface area contributed by atoms with E-state index < -0.39 is 24.0 Å². The number of rotatable bonds is 6. The molecular weight excluding hydrogens is 344 g/mol. The van der Waals surface area contributed by atoms with Crippen LogP contribution < -0.4 is 5.32 Å². The van der Waals surface area contributed by atoms with Gasteiger partial charge in [0.15, 0.2) is 6.04 Å². The van der Waals surface area contributed by atoms with Crippen LogP contribution in [0.15, 0.2) is 66.9 Å². The first-order valence-corrected chi connectivity index (χ1v) is 8.59. The molecule has 3 aromatic rings. The third kappa shape index (κ3) is 4.68. The summed E-state index contributed by atoms with van der Waals surface area (Å²) in [7, 11) is 0. The fourth-order valence-electron chi connectivity index (χ4n) is 2.62. The number of ether oxygens (including phenoxy) is 1. The van der Waals surface area contributed by atoms with Crippen molar-refractivity contribution in [2.45, 2.75) is 25.7 Å². The van der Waals surface area contributed by atoms with Gasteiger partial charge in [-0.3, -0.25) is 9.78 Å². The van der Waals surface area contributed by atoms with Crippen molar-refractivity contribution in [2.24, 2.45) is 0 Å². The molecule has 0 saturated heterocycles. The number of aromatic nitrogens is 1. The number of aliphatic hydroxyl groups is 1. The maximum atomic E-state index is 12.5. The maximum absolute atomic E-state index is 12.5. The maximum Gasteiger partial charge on any atom is 0.331 e. The fraction of sp³-hybridized carbons (Fsp3) is 0.190. The van der Waals surface area contributed by atoms with Crippen molar-refractivity contribution in [3.05, 3.63) is 78.1 Å². The summed E-state index contributed by atoms with van der Waals surface area (Å²) < 4.78 is 5.22. The molecule has 0 spiro atoms. The van der Waals surface area contributed by atoms with E-state index in [1.807, 2.05) is 54.6 Å². The number of carbonyl (C=O) groups is 2. The molecule has 2 N–H and O–H groups in total. The lowest BCUT2D eigenvalue weighted by atomic mass is 10.1. The van der Waals surface area contributed by atoms with Crippen LogP contribution in [0, 0.1) is 0 Å². The Hall–Kier alpha value is -3.25. The van der Waals surface area contributed by atoms with Gasteiger partial charge in [-0.15, -0.1) is 0 Å². The van der Waals surface area contributed by atoms with E-state index in [2.05, 4.69) is 10.3 Å². The summed E-state index contributed by atoms with van der Waals surface area (Å²) in [5.74, 6) is -1.26. The fourth-order valence-corrected chi connectivity index (χ4v) is 2.62. The normalized spacial score (nSPS) is 13.0. The molecule has 0 unspecified atom stereocenters. The van der Waals surface area contributed by atoms with Gasteiger partial charge in [0, 0.05) is 11.6 Å². The van der Waals surface area contributed by atoms with Crippen molar-refractivity contribution in [2.75, 3.05) is 0 Å². The molecule has 27 heavy (non-hydrogen) atoms. The molecule has 1 aromatic heterocycles. The van der Waals surface area contributed by atoms with E-state index in [1.165, 1.54) is 6.92 Å². The zero-order chi connectivity index (χ0) is 19.2. The van der Waals surface area contributed by atoms with Crippen LogP contribution in [0.2, 0.25) is 0 Å². The summed E-state index contributed by atoms with van der Waals surface area (Å²) in [6.45, 7) is 1.48. The molecule has 3 rings (SSSR count). The van der Waals surface area contributed by atoms with Crippen LogP contribution in [0.4, 0.5) is 0 Å². The van der Waals surface area contributed by atoms with Crippen LogP contribution in [0.3, 0.4) is 0 Å². The van der Waals surface area contributed by atoms with E-state index in [9.17, 15) is 14.7 Å². The number of nitrogens with one attached hydrogen (secondary N) is 1. The van der Waals surface area contributed by atoms with Crippen molar-refractivity contribution in [3.63, 3.8) is 0 Å². The molecule has 0 radical (unpaired) electrons. The topological polar surface area (TPSA) is 88.5 Å². The minimum Gasteiger partial charge on any atom is -0.459 e. The van der Waals surface area contributed by atoms with Crippen molar-refractivity contribution in [3.8, 4) is 0 Å². The molecular formula is C21H20N2O4. The summed E-state index contributed by atoms with van der Waals surface area (Å²) in [6.07, 6.45) is 0.479. The van der Waals surface area contributed by atoms with Gasteiger partial charge in [-0.1, -0.05) is 54.6 Å². The second-order valence-electron chi connectivity index (χ2n) is 6.20. The zero-order valence-corrected chi connectivity index (χ0v) is 14.8. The van der Waals surface area contributed by atoms with E-state index in [0.717, 1.165) is 16.3 Å². The number of aliphatic hydroxyl groups excluding tert-OH is 1. The Kier molecular flexibility index (Phi) is 5.78. The summed E-state index contributed by atoms with van der Waals surface area (Å²) in [4.78, 5) is 28.9. The number of hydrogen-bond acceptors (Lipinski definition) is 5. The van der Waals surface area contributed by atoms with Gasteiger partial charge in [0.1, 0.15) is 12.3 Å². The number of amides is 1. The molecule has 0 aliphatic carbocycles. The molecule has 0 aliphatic rings. The number of pyridine rings is 1. The van der Waals surface area contributed by atoms with Crippen molar-refractivity contribution in [1.82, 2.24) is 10.3 Å². The van der Waals surface area contributed by atoms with E-state index in [4.69, 9.17) is 4.74 Å². The molecule has 0 aliphatic heterocycles. The predicted molar refractivity (Wildman–Crippen MR) is 101 cm³/mol. The SMILES string of the molecule is C[C@H](O)[C@H](NC(=O)c1cc2ccccc2cn1)C(=O)OCc1ccccc1. The third-order valence-corrected chi connectivity index (χ3v) is 4.11. The van der Waals surface area contributed by atoms with E-state index in [-0.39, 0.29) is 12.3 Å². The Bertz CT molecular complexity index is 941. The minimum atomic E-state index is -1.19. The van der Waals surface area contributed by atoms with Crippen LogP contribution >= 0.6 is 0 Å². The van der Waals surface area contributed by atoms with Crippen molar-refractivity contribution in [1.29, 1.82) is 0 Å². The first-order chi connectivity index (χ1) is 13.0. The zero-order valence-electron chi connectivity index (χ0n) is 14.8. The molecule has 1 heterocycles. The quantitative estimate of drug-likeness (QED) is 0.656. The number of benzene rings is 2. The van der Waals surface area contributed by atoms with Gasteiger partial charge in [0.05, 0.1) is 6.10 Å². The summed E-state index contributed by atoms with van der Waals surface area (Å²) in [5, 5.41) is 14.2. The highest BCUT2D eigenvalue weighted by atomic mass is 16.5. The van der Waals surface area contributed by atoms with Gasteiger partial charge in [0.25, 0.3) is 5.91 Å². The molecule has 1 amide bonds. The van der Waals surface area contributed by atoms with Crippen LogP contribution in [0.1, 0.15) is 23.0 Å². The number of nitrogens with zero attached hydrogens (tertiary/aromatic N) is 1. The second-order valence-corrected chi connectivity index (χ2v) is 6.20. The third-order valence-electron chi connectivity index (χ3n) is 4.11. The molecule has 2 aromatic carbocycles. The molecule has 0 bridgehead atoms. The monoisotopic (exact) mass is 364 g/mol. The first kappa shape index (κ1) is 18.5. The van der Waals surface area contributed by atoms with E-state index in [0.29, 0.717) is 0 Å². The highest BCUT2D eigenvalue weighted by Crippen LogP contribution is 2.13. The number of fused-ring (bicyclic) bond motifs is 1. The van der Waals surface area contributed by atoms with Gasteiger partial charge >= 0.3 is 5.97 Å². The van der Waals surface area contributed by atoms with E-state index in [1.54, 1.807) is 12.3 Å². The molecule has 0 fully saturated rings. The van der Waals surface area contributed by atoms with Gasteiger partial charge in [-0.2, -0.15) is 0 Å². The van der Waals surface area contributed by atoms with E-state index >= 15 is 0 Å². The first-order valence-electron chi connectivity index (χ1n) is 8.59. The Morgan fingerprint density at radius 2 is 1.74 bits per heavy atom. The van der Waals surface area contributed by atoms with Gasteiger partial charge in [0.2, 0.25) is 0 Å². The Labute approximate surface area is 156 Å². The Morgan fingerprint density at radius 3 is 2.44 bits per heavy atom. The Morgan fingerprint density at radius 1 is 1.07 bits per heavy atom. The molecule has 6 heteroatoms. The molecule has 2 atom stereocenters. The van der Waals surface area contributed by atoms with Crippen molar-refractivity contribution < 1.29 is 19.4 Å². The van der Waals surface area contributed by atoms with Crippen LogP contribution in [0.25, 0.3) is 10.8 Å². The average molecular weight is 364 g/mol. The minimum absolute atomic E-state index is 0.0625. The molecule has 6 nitrogen and oxygen atoms in total. The van der Waals surface area contributed by atoms with Gasteiger partial charge in [-0.25, -0.2) is 4.79 Å². The highest BCUT2D eigenvalue weighted by Gasteiger charge is 2.28. The van der Waals surface area contributed by atoms with Gasteiger partial charge < -0.3 is 15.2 Å². The van der Waals surface area contributed by atoms with Crippen molar-refractivity contribution >= 4 is 22.6 Å². The second kappa shape index (κ2) is 8.42. The lowest BCUT2D eigenvalue weighted by Crippen LogP contribution is -2.48. The standard InChI is InChI=1S/C21H20N2O4/c1-14(24)19(21(26)27-13-15-7-3-2-4-8-15)23-20(25)18-11-16-9-5-6-10-17(16)12-22-18/h2-12,14,19,24H,13H2,1H3,(H,23,25)/t14-,19-/m0/s1. The molecule has 0 saturated carbocycles. The summed E-state index contributed by atoms with van der Waals surface area (Å²) >= 11 is 0. The lowest BCUT2D eigenvalue weighted by Gasteiger charge is -2.20. The lowest BCUT2D eigenvalue weighted by molar-refractivity contribution is -0.150. The van der Waals surface area contributed by atoms with Gasteiger partial charge in [-0.05, 0) is 23.9 Å². The smallest absolute Gasteiger partial charge is 0.331 e. The summed E-state index contributed by atoms with van der Waals surface area (Å²) in [5.41, 5.74) is 0.980. The number of hydrogen-bond donors (Lipinski definition) is 2. The molecule has 138 valence electrons. The predicted octanol–water partition coefficient (Wildman–Crippen LogP) is 2.46. The number of esters is 1. The van der Waals surface area contributed by atoms with Crippen LogP contribution in [-0.4, -0.2) is 34.1 Å². The Balaban J connectivity index is 1.68.